The smallest absolute Gasteiger partial charge is 0.332 e. The van der Waals surface area contributed by atoms with Crippen molar-refractivity contribution in [2.24, 2.45) is 0 Å². The molecule has 0 bridgehead atoms. The first-order valence-electron chi connectivity index (χ1n) is 6.73. The van der Waals surface area contributed by atoms with Gasteiger partial charge in [-0.25, -0.2) is 9.59 Å². The van der Waals surface area contributed by atoms with Crippen LogP contribution in [0.5, 0.6) is 0 Å². The molecule has 9 heteroatoms. The number of morpholine rings is 1. The molecule has 9 nitrogen and oxygen atoms in total. The van der Waals surface area contributed by atoms with Crippen LogP contribution >= 0.6 is 0 Å². The molecule has 1 saturated heterocycles. The maximum absolute atomic E-state index is 12.0. The summed E-state index contributed by atoms with van der Waals surface area (Å²) in [7, 11) is 0. The molecule has 3 amide bonds. The van der Waals surface area contributed by atoms with E-state index in [9.17, 15) is 14.4 Å². The molecule has 0 aromatic rings. The summed E-state index contributed by atoms with van der Waals surface area (Å²) in [6, 6.07) is -1.27. The molecule has 1 unspecified atom stereocenters. The monoisotopic (exact) mass is 303 g/mol. The van der Waals surface area contributed by atoms with E-state index in [0.717, 1.165) is 0 Å². The molecule has 0 aliphatic carbocycles. The van der Waals surface area contributed by atoms with E-state index in [2.05, 4.69) is 10.6 Å². The van der Waals surface area contributed by atoms with Crippen LogP contribution in [0, 0.1) is 0 Å². The van der Waals surface area contributed by atoms with Gasteiger partial charge in [0.25, 0.3) is 0 Å². The van der Waals surface area contributed by atoms with Gasteiger partial charge in [-0.2, -0.15) is 0 Å². The van der Waals surface area contributed by atoms with Gasteiger partial charge in [0.1, 0.15) is 6.04 Å². The molecule has 0 aromatic carbocycles. The second-order valence-electron chi connectivity index (χ2n) is 4.70. The predicted molar refractivity (Wildman–Crippen MR) is 71.7 cm³/mol. The van der Waals surface area contributed by atoms with Crippen LogP contribution in [0.3, 0.4) is 0 Å². The molecule has 1 heterocycles. The Morgan fingerprint density at radius 2 is 1.90 bits per heavy atom. The number of aliphatic hydroxyl groups is 1. The van der Waals surface area contributed by atoms with Crippen LogP contribution < -0.4 is 10.6 Å². The molecule has 0 aromatic heterocycles. The predicted octanol–water partition coefficient (Wildman–Crippen LogP) is -1.63. The standard InChI is InChI=1S/C12H21N3O6/c1-8(10(17)15-4-6-21-7-5-15)14-12(20)13-3-2-9(16)11(18)19/h8-9,16H,2-7H2,1H3,(H,18,19)(H2,13,14,20)/t8?,9-/m0/s1. The lowest BCUT2D eigenvalue weighted by Gasteiger charge is -2.29. The van der Waals surface area contributed by atoms with E-state index >= 15 is 0 Å². The molecule has 1 aliphatic heterocycles. The average molecular weight is 303 g/mol. The maximum atomic E-state index is 12.0. The summed E-state index contributed by atoms with van der Waals surface area (Å²) >= 11 is 0. The summed E-state index contributed by atoms with van der Waals surface area (Å²) in [6.45, 7) is 3.53. The van der Waals surface area contributed by atoms with Crippen LogP contribution in [0.2, 0.25) is 0 Å². The normalized spacial score (nSPS) is 17.7. The molecule has 120 valence electrons. The molecular formula is C12H21N3O6. The van der Waals surface area contributed by atoms with E-state index in [1.807, 2.05) is 0 Å². The largest absolute Gasteiger partial charge is 0.479 e. The maximum Gasteiger partial charge on any atom is 0.332 e. The van der Waals surface area contributed by atoms with E-state index in [4.69, 9.17) is 14.9 Å². The number of aliphatic hydroxyl groups excluding tert-OH is 1. The molecule has 0 saturated carbocycles. The number of ether oxygens (including phenoxy) is 1. The summed E-state index contributed by atoms with van der Waals surface area (Å²) in [5, 5.41) is 22.4. The zero-order valence-electron chi connectivity index (χ0n) is 11.9. The Morgan fingerprint density at radius 1 is 1.29 bits per heavy atom. The Morgan fingerprint density at radius 3 is 2.48 bits per heavy atom. The molecule has 0 radical (unpaired) electrons. The van der Waals surface area contributed by atoms with Gasteiger partial charge in [0.05, 0.1) is 13.2 Å². The van der Waals surface area contributed by atoms with E-state index in [0.29, 0.717) is 26.3 Å². The van der Waals surface area contributed by atoms with Gasteiger partial charge < -0.3 is 30.5 Å². The minimum absolute atomic E-state index is 0.00222. The van der Waals surface area contributed by atoms with Gasteiger partial charge in [0.15, 0.2) is 6.10 Å². The Balaban J connectivity index is 2.26. The highest BCUT2D eigenvalue weighted by atomic mass is 16.5. The molecule has 1 aliphatic rings. The number of nitrogens with zero attached hydrogens (tertiary/aromatic N) is 1. The second-order valence-corrected chi connectivity index (χ2v) is 4.70. The first kappa shape index (κ1) is 17.2. The van der Waals surface area contributed by atoms with Crippen LogP contribution in [-0.2, 0) is 14.3 Å². The number of nitrogens with one attached hydrogen (secondary N) is 2. The van der Waals surface area contributed by atoms with Crippen LogP contribution in [0.1, 0.15) is 13.3 Å². The molecular weight excluding hydrogens is 282 g/mol. The van der Waals surface area contributed by atoms with Crippen molar-refractivity contribution in [1.82, 2.24) is 15.5 Å². The van der Waals surface area contributed by atoms with E-state index in [-0.39, 0.29) is 18.9 Å². The minimum Gasteiger partial charge on any atom is -0.479 e. The zero-order valence-corrected chi connectivity index (χ0v) is 11.9. The van der Waals surface area contributed by atoms with Gasteiger partial charge in [-0.1, -0.05) is 0 Å². The number of hydrogen-bond acceptors (Lipinski definition) is 5. The SMILES string of the molecule is CC(NC(=O)NCC[C@H](O)C(=O)O)C(=O)N1CCOCC1. The molecule has 4 N–H and O–H groups in total. The molecule has 2 atom stereocenters. The van der Waals surface area contributed by atoms with Crippen molar-refractivity contribution >= 4 is 17.9 Å². The quantitative estimate of drug-likeness (QED) is 0.466. The zero-order chi connectivity index (χ0) is 15.8. The number of amides is 3. The van der Waals surface area contributed by atoms with Crippen molar-refractivity contribution in [1.29, 1.82) is 0 Å². The highest BCUT2D eigenvalue weighted by molar-refractivity contribution is 5.86. The van der Waals surface area contributed by atoms with Crippen molar-refractivity contribution in [3.05, 3.63) is 0 Å². The van der Waals surface area contributed by atoms with Gasteiger partial charge in [-0.05, 0) is 6.92 Å². The van der Waals surface area contributed by atoms with Crippen molar-refractivity contribution in [2.75, 3.05) is 32.8 Å². The number of carbonyl (C=O) groups is 3. The molecule has 1 fully saturated rings. The highest BCUT2D eigenvalue weighted by Gasteiger charge is 2.23. The summed E-state index contributed by atoms with van der Waals surface area (Å²) < 4.78 is 5.14. The highest BCUT2D eigenvalue weighted by Crippen LogP contribution is 2.00. The van der Waals surface area contributed by atoms with Crippen molar-refractivity contribution in [3.8, 4) is 0 Å². The van der Waals surface area contributed by atoms with Gasteiger partial charge in [-0.3, -0.25) is 4.79 Å². The summed E-state index contributed by atoms with van der Waals surface area (Å²) in [5.41, 5.74) is 0. The van der Waals surface area contributed by atoms with Crippen LogP contribution in [0.15, 0.2) is 0 Å². The van der Waals surface area contributed by atoms with E-state index < -0.39 is 24.1 Å². The Kier molecular flexibility index (Phi) is 6.89. The summed E-state index contributed by atoms with van der Waals surface area (Å²) in [6.07, 6.45) is -1.62. The van der Waals surface area contributed by atoms with Crippen molar-refractivity contribution in [3.63, 3.8) is 0 Å². The number of hydrogen-bond donors (Lipinski definition) is 4. The fourth-order valence-electron chi connectivity index (χ4n) is 1.81. The van der Waals surface area contributed by atoms with Crippen LogP contribution in [-0.4, -0.2) is 78.0 Å². The van der Waals surface area contributed by atoms with Gasteiger partial charge in [0, 0.05) is 26.1 Å². The third-order valence-electron chi connectivity index (χ3n) is 3.03. The number of rotatable bonds is 6. The van der Waals surface area contributed by atoms with E-state index in [1.165, 1.54) is 0 Å². The Hall–Kier alpha value is -1.87. The Labute approximate surface area is 122 Å². The third-order valence-corrected chi connectivity index (χ3v) is 3.03. The topological polar surface area (TPSA) is 128 Å². The summed E-state index contributed by atoms with van der Waals surface area (Å²) in [4.78, 5) is 35.6. The summed E-state index contributed by atoms with van der Waals surface area (Å²) in [5.74, 6) is -1.54. The van der Waals surface area contributed by atoms with Gasteiger partial charge >= 0.3 is 12.0 Å². The second kappa shape index (κ2) is 8.42. The number of urea groups is 1. The van der Waals surface area contributed by atoms with E-state index in [1.54, 1.807) is 11.8 Å². The van der Waals surface area contributed by atoms with Crippen LogP contribution in [0.4, 0.5) is 4.79 Å². The minimum atomic E-state index is -1.52. The van der Waals surface area contributed by atoms with Crippen molar-refractivity contribution < 1.29 is 29.3 Å². The number of carboxylic acids is 1. The lowest BCUT2D eigenvalue weighted by Crippen LogP contribution is -2.52. The fraction of sp³-hybridized carbons (Fsp3) is 0.750. The van der Waals surface area contributed by atoms with Crippen molar-refractivity contribution in [2.45, 2.75) is 25.5 Å². The number of carboxylic acid groups (broad SMARTS) is 1. The van der Waals surface area contributed by atoms with Crippen LogP contribution in [0.25, 0.3) is 0 Å². The number of carbonyl (C=O) groups excluding carboxylic acids is 2. The molecule has 21 heavy (non-hydrogen) atoms. The lowest BCUT2D eigenvalue weighted by molar-refractivity contribution is -0.146. The average Bonchev–Trinajstić information content (AvgIpc) is 2.46. The number of aliphatic carboxylic acids is 1. The first-order valence-corrected chi connectivity index (χ1v) is 6.73. The van der Waals surface area contributed by atoms with Gasteiger partial charge in [0.2, 0.25) is 5.91 Å². The molecule has 1 rings (SSSR count). The third kappa shape index (κ3) is 5.96. The Bertz CT molecular complexity index is 383. The van der Waals surface area contributed by atoms with Gasteiger partial charge in [-0.15, -0.1) is 0 Å². The molecule has 0 spiro atoms. The first-order chi connectivity index (χ1) is 9.91. The fourth-order valence-corrected chi connectivity index (χ4v) is 1.81. The lowest BCUT2D eigenvalue weighted by atomic mass is 10.2.